The van der Waals surface area contributed by atoms with Gasteiger partial charge in [0.2, 0.25) is 0 Å². The zero-order chi connectivity index (χ0) is 20.5. The first-order chi connectivity index (χ1) is 14.0. The number of nitro groups is 1. The van der Waals surface area contributed by atoms with E-state index in [0.717, 1.165) is 33.4 Å². The van der Waals surface area contributed by atoms with Gasteiger partial charge in [-0.05, 0) is 22.4 Å². The highest BCUT2D eigenvalue weighted by Gasteiger charge is 2.38. The molecule has 0 saturated carbocycles. The highest BCUT2D eigenvalue weighted by molar-refractivity contribution is 6.22. The van der Waals surface area contributed by atoms with E-state index in [9.17, 15) is 24.5 Å². The molecule has 0 aromatic heterocycles. The van der Waals surface area contributed by atoms with Crippen molar-refractivity contribution in [1.29, 1.82) is 0 Å². The topological polar surface area (TPSA) is 107 Å². The monoisotopic (exact) mass is 390 g/mol. The fourth-order valence-electron chi connectivity index (χ4n) is 3.29. The second-order valence-electron chi connectivity index (χ2n) is 6.48. The lowest BCUT2D eigenvalue weighted by molar-refractivity contribution is -0.384. The minimum Gasteiger partial charge on any atom is -0.459 e. The predicted molar refractivity (Wildman–Crippen MR) is 102 cm³/mol. The highest BCUT2D eigenvalue weighted by atomic mass is 16.6. The molecule has 0 spiro atoms. The minimum absolute atomic E-state index is 0.00513. The van der Waals surface area contributed by atoms with Crippen LogP contribution in [0, 0.1) is 10.1 Å². The van der Waals surface area contributed by atoms with Crippen LogP contribution in [0.5, 0.6) is 0 Å². The van der Waals surface area contributed by atoms with Crippen LogP contribution in [-0.2, 0) is 16.1 Å². The third kappa shape index (κ3) is 3.31. The molecule has 8 nitrogen and oxygen atoms in total. The largest absolute Gasteiger partial charge is 0.459 e. The number of amides is 2. The van der Waals surface area contributed by atoms with Gasteiger partial charge in [0.25, 0.3) is 17.5 Å². The molecule has 1 aliphatic rings. The lowest BCUT2D eigenvalue weighted by Crippen LogP contribution is -2.35. The molecule has 0 unspecified atom stereocenters. The SMILES string of the molecule is O=C(CN1C(=O)c2ccc([N+](=O)[O-])cc2C1=O)OCc1cccc2ccccc12. The van der Waals surface area contributed by atoms with Gasteiger partial charge in [-0.1, -0.05) is 42.5 Å². The molecule has 1 heterocycles. The van der Waals surface area contributed by atoms with Gasteiger partial charge in [0, 0.05) is 12.1 Å². The number of non-ortho nitro benzene ring substituents is 1. The number of carbonyl (C=O) groups excluding carboxylic acids is 3. The van der Waals surface area contributed by atoms with E-state index in [1.807, 2.05) is 42.5 Å². The standard InChI is InChI=1S/C21H14N2O6/c24-19(29-12-14-6-3-5-13-4-1-2-7-16(13)14)11-22-20(25)17-9-8-15(23(27)28)10-18(17)21(22)26/h1-10H,11-12H2. The molecule has 2 amide bonds. The summed E-state index contributed by atoms with van der Waals surface area (Å²) in [7, 11) is 0. The van der Waals surface area contributed by atoms with Crippen LogP contribution in [0.25, 0.3) is 10.8 Å². The van der Waals surface area contributed by atoms with Gasteiger partial charge in [-0.2, -0.15) is 0 Å². The third-order valence-corrected chi connectivity index (χ3v) is 4.72. The van der Waals surface area contributed by atoms with Crippen molar-refractivity contribution in [2.45, 2.75) is 6.61 Å². The number of esters is 1. The molecule has 8 heteroatoms. The predicted octanol–water partition coefficient (Wildman–Crippen LogP) is 3.09. The van der Waals surface area contributed by atoms with Gasteiger partial charge >= 0.3 is 5.97 Å². The normalized spacial score (nSPS) is 12.9. The van der Waals surface area contributed by atoms with Crippen LogP contribution in [-0.4, -0.2) is 34.2 Å². The van der Waals surface area contributed by atoms with Gasteiger partial charge in [-0.25, -0.2) is 0 Å². The Labute approximate surface area is 164 Å². The Kier molecular flexibility index (Phi) is 4.52. The lowest BCUT2D eigenvalue weighted by atomic mass is 10.1. The molecule has 0 radical (unpaired) electrons. The molecular weight excluding hydrogens is 376 g/mol. The quantitative estimate of drug-likeness (QED) is 0.287. The van der Waals surface area contributed by atoms with Crippen molar-refractivity contribution in [3.8, 4) is 0 Å². The maximum Gasteiger partial charge on any atom is 0.326 e. The molecule has 0 bridgehead atoms. The van der Waals surface area contributed by atoms with E-state index in [1.54, 1.807) is 0 Å². The van der Waals surface area contributed by atoms with Crippen LogP contribution < -0.4 is 0 Å². The van der Waals surface area contributed by atoms with Crippen LogP contribution in [0.2, 0.25) is 0 Å². The summed E-state index contributed by atoms with van der Waals surface area (Å²) in [6.45, 7) is -0.570. The van der Waals surface area contributed by atoms with Crippen LogP contribution in [0.1, 0.15) is 26.3 Å². The Balaban J connectivity index is 1.46. The Bertz CT molecular complexity index is 1180. The van der Waals surface area contributed by atoms with Crippen LogP contribution in [0.3, 0.4) is 0 Å². The second kappa shape index (κ2) is 7.16. The first kappa shape index (κ1) is 18.3. The maximum atomic E-state index is 12.4. The zero-order valence-electron chi connectivity index (χ0n) is 15.0. The molecule has 0 N–H and O–H groups in total. The number of rotatable bonds is 5. The fourth-order valence-corrected chi connectivity index (χ4v) is 3.29. The summed E-state index contributed by atoms with van der Waals surface area (Å²) < 4.78 is 5.26. The van der Waals surface area contributed by atoms with Crippen LogP contribution >= 0.6 is 0 Å². The number of nitrogens with zero attached hydrogens (tertiary/aromatic N) is 2. The summed E-state index contributed by atoms with van der Waals surface area (Å²) >= 11 is 0. The number of imide groups is 1. The van der Waals surface area contributed by atoms with E-state index in [-0.39, 0.29) is 23.4 Å². The lowest BCUT2D eigenvalue weighted by Gasteiger charge is -2.13. The number of hydrogen-bond acceptors (Lipinski definition) is 6. The number of fused-ring (bicyclic) bond motifs is 2. The molecule has 0 saturated heterocycles. The molecule has 0 atom stereocenters. The van der Waals surface area contributed by atoms with Crippen molar-refractivity contribution >= 4 is 34.2 Å². The van der Waals surface area contributed by atoms with E-state index in [0.29, 0.717) is 0 Å². The average molecular weight is 390 g/mol. The first-order valence-electron chi connectivity index (χ1n) is 8.72. The van der Waals surface area contributed by atoms with E-state index in [4.69, 9.17) is 4.74 Å². The zero-order valence-corrected chi connectivity index (χ0v) is 15.0. The summed E-state index contributed by atoms with van der Waals surface area (Å²) in [6.07, 6.45) is 0. The van der Waals surface area contributed by atoms with E-state index in [2.05, 4.69) is 0 Å². The second-order valence-corrected chi connectivity index (χ2v) is 6.48. The maximum absolute atomic E-state index is 12.4. The Morgan fingerprint density at radius 1 is 0.966 bits per heavy atom. The third-order valence-electron chi connectivity index (χ3n) is 4.72. The van der Waals surface area contributed by atoms with Crippen molar-refractivity contribution in [3.63, 3.8) is 0 Å². The van der Waals surface area contributed by atoms with Crippen molar-refractivity contribution in [1.82, 2.24) is 4.90 Å². The molecule has 0 fully saturated rings. The molecule has 0 aliphatic carbocycles. The van der Waals surface area contributed by atoms with Crippen LogP contribution in [0.15, 0.2) is 60.7 Å². The van der Waals surface area contributed by atoms with Gasteiger partial charge in [-0.15, -0.1) is 0 Å². The van der Waals surface area contributed by atoms with Gasteiger partial charge < -0.3 is 4.74 Å². The molecule has 144 valence electrons. The molecule has 3 aromatic rings. The average Bonchev–Trinajstić information content (AvgIpc) is 2.96. The number of benzene rings is 3. The Hall–Kier alpha value is -4.07. The summed E-state index contributed by atoms with van der Waals surface area (Å²) in [5, 5.41) is 12.8. The number of nitro benzene ring substituents is 1. The molecule has 1 aliphatic heterocycles. The van der Waals surface area contributed by atoms with Crippen molar-refractivity contribution in [2.24, 2.45) is 0 Å². The summed E-state index contributed by atoms with van der Waals surface area (Å²) in [5.74, 6) is -2.18. The minimum atomic E-state index is -0.754. The molecular formula is C21H14N2O6. The van der Waals surface area contributed by atoms with E-state index in [1.165, 1.54) is 6.07 Å². The summed E-state index contributed by atoms with van der Waals surface area (Å²) in [5.41, 5.74) is 0.438. The molecule has 29 heavy (non-hydrogen) atoms. The van der Waals surface area contributed by atoms with Crippen molar-refractivity contribution in [2.75, 3.05) is 6.54 Å². The van der Waals surface area contributed by atoms with Gasteiger partial charge in [0.1, 0.15) is 13.2 Å². The molecule has 4 rings (SSSR count). The number of carbonyl (C=O) groups is 3. The first-order valence-corrected chi connectivity index (χ1v) is 8.72. The summed E-state index contributed by atoms with van der Waals surface area (Å²) in [4.78, 5) is 48.1. The van der Waals surface area contributed by atoms with Gasteiger partial charge in [0.15, 0.2) is 0 Å². The number of hydrogen-bond donors (Lipinski definition) is 0. The van der Waals surface area contributed by atoms with E-state index >= 15 is 0 Å². The Morgan fingerprint density at radius 3 is 2.48 bits per heavy atom. The fraction of sp³-hybridized carbons (Fsp3) is 0.0952. The highest BCUT2D eigenvalue weighted by Crippen LogP contribution is 2.27. The van der Waals surface area contributed by atoms with Crippen LogP contribution in [0.4, 0.5) is 5.69 Å². The summed E-state index contributed by atoms with van der Waals surface area (Å²) in [6, 6.07) is 16.7. The molecule has 3 aromatic carbocycles. The van der Waals surface area contributed by atoms with Crippen molar-refractivity contribution < 1.29 is 24.0 Å². The van der Waals surface area contributed by atoms with Crippen molar-refractivity contribution in [3.05, 3.63) is 87.5 Å². The Morgan fingerprint density at radius 2 is 1.69 bits per heavy atom. The van der Waals surface area contributed by atoms with Gasteiger partial charge in [-0.3, -0.25) is 29.4 Å². The van der Waals surface area contributed by atoms with E-state index < -0.39 is 29.3 Å². The van der Waals surface area contributed by atoms with Gasteiger partial charge in [0.05, 0.1) is 16.1 Å². The number of ether oxygens (including phenoxy) is 1. The smallest absolute Gasteiger partial charge is 0.326 e.